The van der Waals surface area contributed by atoms with Crippen LogP contribution in [0.2, 0.25) is 9.79 Å². The summed E-state index contributed by atoms with van der Waals surface area (Å²) in [5.41, 5.74) is 1.41. The Kier molecular flexibility index (Phi) is 10.1. The molecule has 0 bridgehead atoms. The topological polar surface area (TPSA) is 0 Å². The standard InChI is InChI=1S/C16H24SeTe/c1-3-5-12-17-16(18-13-6-4-2)14-15-10-8-7-9-11-15/h7-11,14H,3-6,12-13H2,1-2H3/b16-14+. The summed E-state index contributed by atoms with van der Waals surface area (Å²) in [6.07, 6.45) is 8.03. The predicted molar refractivity (Wildman–Crippen MR) is 85.4 cm³/mol. The quantitative estimate of drug-likeness (QED) is 0.395. The number of unbranched alkanes of at least 4 members (excludes halogenated alkanes) is 2. The van der Waals surface area contributed by atoms with E-state index < -0.39 is 0 Å². The van der Waals surface area contributed by atoms with Crippen molar-refractivity contribution in [3.63, 3.8) is 0 Å². The molecule has 0 spiro atoms. The third kappa shape index (κ3) is 7.65. The van der Waals surface area contributed by atoms with Crippen molar-refractivity contribution in [2.45, 2.75) is 49.3 Å². The SMILES string of the molecule is CCCC[Se]/C(=C\c1ccccc1)[Te]CCCC. The van der Waals surface area contributed by atoms with E-state index in [0.717, 1.165) is 15.0 Å². The van der Waals surface area contributed by atoms with Gasteiger partial charge in [0, 0.05) is 0 Å². The fourth-order valence-corrected chi connectivity index (χ4v) is 9.49. The minimum atomic E-state index is 0.113. The first-order valence-electron chi connectivity index (χ1n) is 6.89. The third-order valence-electron chi connectivity index (χ3n) is 2.57. The molecule has 1 aromatic carbocycles. The maximum absolute atomic E-state index is 2.49. The molecule has 0 amide bonds. The summed E-state index contributed by atoms with van der Waals surface area (Å²) in [4.78, 5) is 0. The Labute approximate surface area is 129 Å². The van der Waals surface area contributed by atoms with E-state index in [0.29, 0.717) is 0 Å². The summed E-state index contributed by atoms with van der Waals surface area (Å²) >= 11 is 0.879. The second-order valence-electron chi connectivity index (χ2n) is 4.28. The van der Waals surface area contributed by atoms with E-state index in [2.05, 4.69) is 50.3 Å². The molecule has 18 heavy (non-hydrogen) atoms. The maximum atomic E-state index is 2.49. The van der Waals surface area contributed by atoms with Gasteiger partial charge in [-0.05, 0) is 0 Å². The zero-order valence-corrected chi connectivity index (χ0v) is 15.6. The second-order valence-corrected chi connectivity index (χ2v) is 11.7. The van der Waals surface area contributed by atoms with Crippen LogP contribution in [0.15, 0.2) is 32.9 Å². The number of hydrogen-bond donors (Lipinski definition) is 0. The normalized spacial score (nSPS) is 11.8. The van der Waals surface area contributed by atoms with Crippen LogP contribution in [0, 0.1) is 0 Å². The van der Waals surface area contributed by atoms with E-state index in [9.17, 15) is 0 Å². The Morgan fingerprint density at radius 3 is 2.50 bits per heavy atom. The van der Waals surface area contributed by atoms with Gasteiger partial charge >= 0.3 is 130 Å². The van der Waals surface area contributed by atoms with Gasteiger partial charge in [0.25, 0.3) is 0 Å². The molecule has 0 aliphatic carbocycles. The van der Waals surface area contributed by atoms with Crippen LogP contribution in [0.5, 0.6) is 0 Å². The van der Waals surface area contributed by atoms with Crippen LogP contribution in [0.3, 0.4) is 0 Å². The summed E-state index contributed by atoms with van der Waals surface area (Å²) in [7, 11) is 0. The molecule has 2 heteroatoms. The van der Waals surface area contributed by atoms with Gasteiger partial charge in [0.1, 0.15) is 0 Å². The zero-order chi connectivity index (χ0) is 13.1. The van der Waals surface area contributed by atoms with E-state index in [1.807, 2.05) is 2.52 Å². The van der Waals surface area contributed by atoms with E-state index in [1.165, 1.54) is 41.0 Å². The molecular weight excluding hydrogens is 399 g/mol. The Morgan fingerprint density at radius 1 is 1.11 bits per heavy atom. The predicted octanol–water partition coefficient (Wildman–Crippen LogP) is 4.83. The van der Waals surface area contributed by atoms with Crippen LogP contribution in [-0.2, 0) is 0 Å². The molecule has 0 fully saturated rings. The van der Waals surface area contributed by atoms with Crippen LogP contribution >= 0.6 is 0 Å². The van der Waals surface area contributed by atoms with Crippen LogP contribution < -0.4 is 0 Å². The fourth-order valence-electron chi connectivity index (χ4n) is 1.44. The summed E-state index contributed by atoms with van der Waals surface area (Å²) in [6, 6.07) is 10.9. The molecule has 1 aromatic rings. The van der Waals surface area contributed by atoms with Gasteiger partial charge in [0.15, 0.2) is 0 Å². The van der Waals surface area contributed by atoms with Gasteiger partial charge in [-0.1, -0.05) is 0 Å². The van der Waals surface area contributed by atoms with Crippen molar-refractivity contribution in [2.24, 2.45) is 0 Å². The Hall–Kier alpha value is 0.269. The minimum absolute atomic E-state index is 0.113. The molecule has 0 radical (unpaired) electrons. The van der Waals surface area contributed by atoms with Gasteiger partial charge < -0.3 is 0 Å². The van der Waals surface area contributed by atoms with Crippen LogP contribution in [0.1, 0.15) is 45.1 Å². The van der Waals surface area contributed by atoms with E-state index in [1.54, 1.807) is 0 Å². The molecule has 0 aromatic heterocycles. The second kappa shape index (κ2) is 11.1. The molecule has 0 nitrogen and oxygen atoms in total. The first-order valence-corrected chi connectivity index (χ1v) is 11.8. The van der Waals surface area contributed by atoms with Gasteiger partial charge in [-0.15, -0.1) is 0 Å². The fraction of sp³-hybridized carbons (Fsp3) is 0.500. The van der Waals surface area contributed by atoms with Crippen LogP contribution in [0.4, 0.5) is 0 Å². The molecule has 0 aliphatic rings. The molecule has 0 unspecified atom stereocenters. The number of hydrogen-bond acceptors (Lipinski definition) is 0. The van der Waals surface area contributed by atoms with Crippen molar-refractivity contribution in [3.8, 4) is 0 Å². The van der Waals surface area contributed by atoms with E-state index in [-0.39, 0.29) is 20.9 Å². The Balaban J connectivity index is 2.54. The van der Waals surface area contributed by atoms with Crippen molar-refractivity contribution >= 4 is 42.0 Å². The molecule has 0 heterocycles. The number of benzene rings is 1. The van der Waals surface area contributed by atoms with Crippen molar-refractivity contribution in [3.05, 3.63) is 38.4 Å². The van der Waals surface area contributed by atoms with Crippen molar-refractivity contribution < 1.29 is 0 Å². The molecule has 100 valence electrons. The summed E-state index contributed by atoms with van der Waals surface area (Å²) in [6.45, 7) is 4.60. The summed E-state index contributed by atoms with van der Waals surface area (Å²) in [5.74, 6) is 0. The molecule has 0 saturated heterocycles. The number of rotatable bonds is 9. The molecular formula is C16H24SeTe. The van der Waals surface area contributed by atoms with Crippen LogP contribution in [0.25, 0.3) is 6.08 Å². The Morgan fingerprint density at radius 2 is 1.83 bits per heavy atom. The first-order chi connectivity index (χ1) is 8.86. The van der Waals surface area contributed by atoms with Gasteiger partial charge in [-0.2, -0.15) is 0 Å². The molecule has 0 saturated carbocycles. The van der Waals surface area contributed by atoms with Crippen LogP contribution in [-0.4, -0.2) is 35.9 Å². The summed E-state index contributed by atoms with van der Waals surface area (Å²) < 4.78 is 3.33. The average molecular weight is 423 g/mol. The molecule has 1 rings (SSSR count). The van der Waals surface area contributed by atoms with E-state index >= 15 is 0 Å². The molecule has 0 atom stereocenters. The summed E-state index contributed by atoms with van der Waals surface area (Å²) in [5, 5.41) is 1.44. The Bertz CT molecular complexity index is 320. The average Bonchev–Trinajstić information content (AvgIpc) is 2.40. The zero-order valence-electron chi connectivity index (χ0n) is 11.5. The van der Waals surface area contributed by atoms with Crippen molar-refractivity contribution in [2.75, 3.05) is 0 Å². The van der Waals surface area contributed by atoms with Gasteiger partial charge in [0.2, 0.25) is 0 Å². The van der Waals surface area contributed by atoms with Crippen molar-refractivity contribution in [1.29, 1.82) is 0 Å². The van der Waals surface area contributed by atoms with Gasteiger partial charge in [-0.25, -0.2) is 0 Å². The van der Waals surface area contributed by atoms with Gasteiger partial charge in [0.05, 0.1) is 0 Å². The van der Waals surface area contributed by atoms with Crippen molar-refractivity contribution in [1.82, 2.24) is 0 Å². The monoisotopic (exact) mass is 426 g/mol. The molecule has 0 N–H and O–H groups in total. The third-order valence-corrected chi connectivity index (χ3v) is 10.4. The first kappa shape index (κ1) is 16.3. The van der Waals surface area contributed by atoms with Gasteiger partial charge in [-0.3, -0.25) is 0 Å². The van der Waals surface area contributed by atoms with E-state index in [4.69, 9.17) is 0 Å². The molecule has 0 aliphatic heterocycles.